The van der Waals surface area contributed by atoms with Crippen LogP contribution in [0.5, 0.6) is 0 Å². The van der Waals surface area contributed by atoms with Crippen LogP contribution < -0.4 is 0 Å². The van der Waals surface area contributed by atoms with Gasteiger partial charge in [-0.3, -0.25) is 5.41 Å². The summed E-state index contributed by atoms with van der Waals surface area (Å²) in [6.07, 6.45) is 6.81. The van der Waals surface area contributed by atoms with E-state index in [9.17, 15) is 0 Å². The van der Waals surface area contributed by atoms with E-state index in [2.05, 4.69) is 10.9 Å². The van der Waals surface area contributed by atoms with Gasteiger partial charge in [-0.2, -0.15) is 0 Å². The van der Waals surface area contributed by atoms with Crippen molar-refractivity contribution in [3.8, 4) is 12.3 Å². The molecule has 66 valence electrons. The zero-order valence-electron chi connectivity index (χ0n) is 7.37. The van der Waals surface area contributed by atoms with E-state index in [1.54, 1.807) is 19.2 Å². The number of nitrogens with zero attached hydrogens (tertiary/aromatic N) is 1. The molecule has 0 atom stereocenters. The van der Waals surface area contributed by atoms with Crippen molar-refractivity contribution in [1.82, 2.24) is 4.98 Å². The molecule has 0 amide bonds. The standard InChI is InChI=1S/C10H10N2O/c1-3-10-6-9(4-5-12-10)7-13-8(2)11/h1,4-6,11H,7H2,2H3. The van der Waals surface area contributed by atoms with Crippen molar-refractivity contribution in [2.75, 3.05) is 0 Å². The summed E-state index contributed by atoms with van der Waals surface area (Å²) < 4.78 is 5.01. The van der Waals surface area contributed by atoms with Crippen molar-refractivity contribution in [2.24, 2.45) is 0 Å². The minimum Gasteiger partial charge on any atom is -0.477 e. The van der Waals surface area contributed by atoms with Crippen LogP contribution in [0, 0.1) is 17.8 Å². The number of pyridine rings is 1. The molecule has 0 radical (unpaired) electrons. The molecule has 1 N–H and O–H groups in total. The van der Waals surface area contributed by atoms with E-state index in [1.165, 1.54) is 0 Å². The summed E-state index contributed by atoms with van der Waals surface area (Å²) in [5.41, 5.74) is 1.51. The van der Waals surface area contributed by atoms with E-state index < -0.39 is 0 Å². The smallest absolute Gasteiger partial charge is 0.177 e. The maximum absolute atomic E-state index is 7.06. The molecule has 0 bridgehead atoms. The number of nitrogens with one attached hydrogen (secondary N) is 1. The van der Waals surface area contributed by atoms with Gasteiger partial charge in [-0.15, -0.1) is 6.42 Å². The Labute approximate surface area is 77.3 Å². The van der Waals surface area contributed by atoms with Crippen LogP contribution in [-0.2, 0) is 11.3 Å². The summed E-state index contributed by atoms with van der Waals surface area (Å²) in [6, 6.07) is 3.58. The number of hydrogen-bond donors (Lipinski definition) is 1. The average Bonchev–Trinajstić information content (AvgIpc) is 2.15. The highest BCUT2D eigenvalue weighted by atomic mass is 16.5. The monoisotopic (exact) mass is 174 g/mol. The molecule has 0 saturated carbocycles. The van der Waals surface area contributed by atoms with E-state index in [0.29, 0.717) is 12.3 Å². The molecule has 13 heavy (non-hydrogen) atoms. The minimum atomic E-state index is 0.194. The van der Waals surface area contributed by atoms with Gasteiger partial charge in [0.1, 0.15) is 12.3 Å². The van der Waals surface area contributed by atoms with E-state index in [1.807, 2.05) is 6.07 Å². The van der Waals surface area contributed by atoms with Gasteiger partial charge in [-0.1, -0.05) is 5.92 Å². The molecule has 0 aliphatic carbocycles. The van der Waals surface area contributed by atoms with Crippen molar-refractivity contribution in [2.45, 2.75) is 13.5 Å². The topological polar surface area (TPSA) is 46.0 Å². The molecule has 0 aliphatic rings. The van der Waals surface area contributed by atoms with Gasteiger partial charge in [0, 0.05) is 13.1 Å². The van der Waals surface area contributed by atoms with Crippen LogP contribution in [0.2, 0.25) is 0 Å². The molecule has 3 heteroatoms. The van der Waals surface area contributed by atoms with Gasteiger partial charge in [-0.25, -0.2) is 4.98 Å². The number of aromatic nitrogens is 1. The summed E-state index contributed by atoms with van der Waals surface area (Å²) in [5.74, 6) is 2.63. The highest BCUT2D eigenvalue weighted by Crippen LogP contribution is 2.02. The van der Waals surface area contributed by atoms with E-state index >= 15 is 0 Å². The first kappa shape index (κ1) is 9.27. The summed E-state index contributed by atoms with van der Waals surface area (Å²) in [7, 11) is 0. The van der Waals surface area contributed by atoms with Crippen molar-refractivity contribution in [1.29, 1.82) is 5.41 Å². The lowest BCUT2D eigenvalue weighted by atomic mass is 10.2. The maximum Gasteiger partial charge on any atom is 0.177 e. The fourth-order valence-electron chi connectivity index (χ4n) is 0.835. The minimum absolute atomic E-state index is 0.194. The van der Waals surface area contributed by atoms with Crippen molar-refractivity contribution >= 4 is 5.90 Å². The highest BCUT2D eigenvalue weighted by molar-refractivity contribution is 5.69. The second kappa shape index (κ2) is 4.27. The molecular weight excluding hydrogens is 164 g/mol. The molecule has 0 saturated heterocycles. The van der Waals surface area contributed by atoms with Gasteiger partial charge in [0.05, 0.1) is 0 Å². The van der Waals surface area contributed by atoms with Gasteiger partial charge in [0.15, 0.2) is 5.90 Å². The fraction of sp³-hybridized carbons (Fsp3) is 0.200. The molecule has 1 rings (SSSR count). The predicted molar refractivity (Wildman–Crippen MR) is 50.4 cm³/mol. The maximum atomic E-state index is 7.06. The molecule has 0 aliphatic heterocycles. The van der Waals surface area contributed by atoms with Crippen LogP contribution in [0.3, 0.4) is 0 Å². The normalized spacial score (nSPS) is 8.92. The van der Waals surface area contributed by atoms with Crippen LogP contribution in [0.25, 0.3) is 0 Å². The lowest BCUT2D eigenvalue weighted by Gasteiger charge is -2.03. The zero-order chi connectivity index (χ0) is 9.68. The molecule has 0 fully saturated rings. The first-order valence-corrected chi connectivity index (χ1v) is 3.82. The zero-order valence-corrected chi connectivity index (χ0v) is 7.37. The van der Waals surface area contributed by atoms with Gasteiger partial charge in [0.25, 0.3) is 0 Å². The Morgan fingerprint density at radius 2 is 2.54 bits per heavy atom. The van der Waals surface area contributed by atoms with Crippen LogP contribution in [0.15, 0.2) is 18.3 Å². The average molecular weight is 174 g/mol. The van der Waals surface area contributed by atoms with Crippen LogP contribution in [-0.4, -0.2) is 10.9 Å². The number of rotatable bonds is 2. The van der Waals surface area contributed by atoms with E-state index in [0.717, 1.165) is 5.56 Å². The lowest BCUT2D eigenvalue weighted by molar-refractivity contribution is 0.287. The third kappa shape index (κ3) is 2.96. The summed E-state index contributed by atoms with van der Waals surface area (Å²) in [5, 5.41) is 7.06. The molecule has 0 aromatic carbocycles. The largest absolute Gasteiger partial charge is 0.477 e. The van der Waals surface area contributed by atoms with Crippen LogP contribution >= 0.6 is 0 Å². The summed E-state index contributed by atoms with van der Waals surface area (Å²) >= 11 is 0. The third-order valence-electron chi connectivity index (χ3n) is 1.43. The first-order valence-electron chi connectivity index (χ1n) is 3.82. The molecule has 1 aromatic rings. The Morgan fingerprint density at radius 3 is 3.15 bits per heavy atom. The quantitative estimate of drug-likeness (QED) is 0.420. The Bertz CT molecular complexity index is 352. The number of terminal acetylenes is 1. The molecule has 1 aromatic heterocycles. The van der Waals surface area contributed by atoms with Crippen molar-refractivity contribution in [3.63, 3.8) is 0 Å². The van der Waals surface area contributed by atoms with Gasteiger partial charge >= 0.3 is 0 Å². The third-order valence-corrected chi connectivity index (χ3v) is 1.43. The number of ether oxygens (including phenoxy) is 1. The Hall–Kier alpha value is -1.82. The number of hydrogen-bond acceptors (Lipinski definition) is 3. The summed E-state index contributed by atoms with van der Waals surface area (Å²) in [6.45, 7) is 1.95. The SMILES string of the molecule is C#Cc1cc(COC(C)=N)ccn1. The molecule has 1 heterocycles. The van der Waals surface area contributed by atoms with Gasteiger partial charge in [-0.05, 0) is 17.7 Å². The molecular formula is C10H10N2O. The highest BCUT2D eigenvalue weighted by Gasteiger charge is 1.95. The van der Waals surface area contributed by atoms with Crippen LogP contribution in [0.1, 0.15) is 18.2 Å². The molecule has 3 nitrogen and oxygen atoms in total. The van der Waals surface area contributed by atoms with E-state index in [4.69, 9.17) is 16.6 Å². The molecule has 0 unspecified atom stereocenters. The van der Waals surface area contributed by atoms with Crippen molar-refractivity contribution in [3.05, 3.63) is 29.6 Å². The van der Waals surface area contributed by atoms with Gasteiger partial charge < -0.3 is 4.74 Å². The Kier molecular flexibility index (Phi) is 3.04. The fourth-order valence-corrected chi connectivity index (χ4v) is 0.835. The lowest BCUT2D eigenvalue weighted by Crippen LogP contribution is -1.98. The van der Waals surface area contributed by atoms with Crippen LogP contribution in [0.4, 0.5) is 0 Å². The second-order valence-electron chi connectivity index (χ2n) is 2.54. The van der Waals surface area contributed by atoms with Crippen molar-refractivity contribution < 1.29 is 4.74 Å². The predicted octanol–water partition coefficient (Wildman–Crippen LogP) is 1.58. The summed E-state index contributed by atoms with van der Waals surface area (Å²) in [4.78, 5) is 3.94. The first-order chi connectivity index (χ1) is 6.22. The van der Waals surface area contributed by atoms with Gasteiger partial charge in [0.2, 0.25) is 0 Å². The van der Waals surface area contributed by atoms with E-state index in [-0.39, 0.29) is 5.90 Å². The Morgan fingerprint density at radius 1 is 1.77 bits per heavy atom. The second-order valence-corrected chi connectivity index (χ2v) is 2.54. The molecule has 0 spiro atoms. The Balaban J connectivity index is 2.68.